The molecule has 2 aromatic rings. The van der Waals surface area contributed by atoms with E-state index < -0.39 is 28.8 Å². The van der Waals surface area contributed by atoms with Crippen molar-refractivity contribution in [2.75, 3.05) is 19.1 Å². The molecule has 1 saturated heterocycles. The number of fused-ring (bicyclic) bond motifs is 5. The number of rotatable bonds is 3. The van der Waals surface area contributed by atoms with Gasteiger partial charge in [-0.15, -0.1) is 0 Å². The van der Waals surface area contributed by atoms with Crippen LogP contribution in [0.3, 0.4) is 0 Å². The van der Waals surface area contributed by atoms with Gasteiger partial charge in [0.05, 0.1) is 26.3 Å². The Kier molecular flexibility index (Phi) is 4.99. The standard InChI is InChI=1S/C26H28FNO4/c1-31-23(29)26(24(30)32-2)16-21(17-9-5-3-6-10-17)28-20-12-11-18(27)15-19(20)25(22(26)28)13-7-4-8-14-25/h3,5-6,9-12,15,21-22H,4,7-8,13-14,16H2,1-2H3/t21-,22+/m0/s1. The summed E-state index contributed by atoms with van der Waals surface area (Å²) in [7, 11) is 2.64. The molecule has 1 spiro atoms. The number of anilines is 1. The van der Waals surface area contributed by atoms with Gasteiger partial charge in [0.15, 0.2) is 5.41 Å². The van der Waals surface area contributed by atoms with Crippen LogP contribution in [0.25, 0.3) is 0 Å². The summed E-state index contributed by atoms with van der Waals surface area (Å²) in [4.78, 5) is 29.1. The first-order chi connectivity index (χ1) is 15.5. The molecule has 0 N–H and O–H groups in total. The molecule has 2 aliphatic heterocycles. The zero-order valence-electron chi connectivity index (χ0n) is 18.5. The molecule has 2 aromatic carbocycles. The van der Waals surface area contributed by atoms with Gasteiger partial charge < -0.3 is 14.4 Å². The van der Waals surface area contributed by atoms with Gasteiger partial charge in [-0.2, -0.15) is 0 Å². The van der Waals surface area contributed by atoms with E-state index in [4.69, 9.17) is 9.47 Å². The van der Waals surface area contributed by atoms with Crippen LogP contribution in [-0.4, -0.2) is 32.2 Å². The summed E-state index contributed by atoms with van der Waals surface area (Å²) >= 11 is 0. The molecule has 2 fully saturated rings. The zero-order chi connectivity index (χ0) is 22.5. The van der Waals surface area contributed by atoms with Crippen molar-refractivity contribution in [3.8, 4) is 0 Å². The van der Waals surface area contributed by atoms with Crippen molar-refractivity contribution in [2.45, 2.75) is 56.0 Å². The first-order valence-electron chi connectivity index (χ1n) is 11.3. The SMILES string of the molecule is COC(=O)C1(C(=O)OC)C[C@@H](c2ccccc2)N2c3ccc(F)cc3C3(CCCCC3)[C@@H]21. The Morgan fingerprint density at radius 1 is 0.969 bits per heavy atom. The number of hydrogen-bond acceptors (Lipinski definition) is 5. The number of carbonyl (C=O) groups is 2. The maximum Gasteiger partial charge on any atom is 0.325 e. The van der Waals surface area contributed by atoms with Gasteiger partial charge in [0.2, 0.25) is 0 Å². The van der Waals surface area contributed by atoms with Crippen molar-refractivity contribution in [1.82, 2.24) is 0 Å². The van der Waals surface area contributed by atoms with Crippen LogP contribution in [0.2, 0.25) is 0 Å². The van der Waals surface area contributed by atoms with Gasteiger partial charge in [-0.25, -0.2) is 4.39 Å². The van der Waals surface area contributed by atoms with Crippen molar-refractivity contribution < 1.29 is 23.5 Å². The molecular weight excluding hydrogens is 409 g/mol. The van der Waals surface area contributed by atoms with Crippen LogP contribution in [0, 0.1) is 11.2 Å². The smallest absolute Gasteiger partial charge is 0.325 e. The zero-order valence-corrected chi connectivity index (χ0v) is 18.5. The Labute approximate surface area is 187 Å². The second-order valence-corrected chi connectivity index (χ2v) is 9.27. The molecule has 2 atom stereocenters. The molecule has 0 bridgehead atoms. The monoisotopic (exact) mass is 437 g/mol. The fraction of sp³-hybridized carbons (Fsp3) is 0.462. The van der Waals surface area contributed by atoms with E-state index in [0.717, 1.165) is 48.9 Å². The molecule has 1 aliphatic carbocycles. The van der Waals surface area contributed by atoms with Crippen LogP contribution in [0.1, 0.15) is 55.7 Å². The largest absolute Gasteiger partial charge is 0.468 e. The average molecular weight is 438 g/mol. The molecule has 0 amide bonds. The van der Waals surface area contributed by atoms with Gasteiger partial charge in [0.1, 0.15) is 5.82 Å². The lowest BCUT2D eigenvalue weighted by atomic mass is 9.59. The van der Waals surface area contributed by atoms with E-state index in [-0.39, 0.29) is 18.3 Å². The van der Waals surface area contributed by atoms with Crippen LogP contribution in [0.4, 0.5) is 10.1 Å². The van der Waals surface area contributed by atoms with Crippen molar-refractivity contribution >= 4 is 17.6 Å². The minimum Gasteiger partial charge on any atom is -0.468 e. The molecule has 168 valence electrons. The molecule has 0 unspecified atom stereocenters. The molecule has 5 rings (SSSR count). The van der Waals surface area contributed by atoms with Crippen molar-refractivity contribution in [1.29, 1.82) is 0 Å². The molecule has 0 radical (unpaired) electrons. The Balaban J connectivity index is 1.81. The lowest BCUT2D eigenvalue weighted by Gasteiger charge is -2.45. The minimum atomic E-state index is -1.49. The highest BCUT2D eigenvalue weighted by molar-refractivity contribution is 6.03. The Bertz CT molecular complexity index is 1030. The Hall–Kier alpha value is -2.89. The van der Waals surface area contributed by atoms with E-state index in [9.17, 15) is 14.0 Å². The molecule has 0 aromatic heterocycles. The minimum absolute atomic E-state index is 0.232. The maximum atomic E-state index is 14.5. The normalized spacial score (nSPS) is 24.7. The number of hydrogen-bond donors (Lipinski definition) is 0. The maximum absolute atomic E-state index is 14.5. The van der Waals surface area contributed by atoms with E-state index in [1.165, 1.54) is 20.3 Å². The number of methoxy groups -OCH3 is 2. The van der Waals surface area contributed by atoms with Gasteiger partial charge in [-0.05, 0) is 42.2 Å². The summed E-state index contributed by atoms with van der Waals surface area (Å²) < 4.78 is 25.1. The number of esters is 2. The van der Waals surface area contributed by atoms with Crippen LogP contribution >= 0.6 is 0 Å². The highest BCUT2D eigenvalue weighted by atomic mass is 19.1. The molecular formula is C26H28FNO4. The highest BCUT2D eigenvalue weighted by Gasteiger charge is 2.72. The topological polar surface area (TPSA) is 55.8 Å². The fourth-order valence-corrected chi connectivity index (χ4v) is 6.77. The van der Waals surface area contributed by atoms with Crippen LogP contribution < -0.4 is 4.90 Å². The number of benzene rings is 2. The van der Waals surface area contributed by atoms with Crippen molar-refractivity contribution in [3.05, 3.63) is 65.5 Å². The third-order valence-electron chi connectivity index (χ3n) is 7.92. The molecule has 5 nitrogen and oxygen atoms in total. The predicted molar refractivity (Wildman–Crippen MR) is 118 cm³/mol. The number of halogens is 1. The molecule has 3 aliphatic rings. The number of carbonyl (C=O) groups excluding carboxylic acids is 2. The molecule has 32 heavy (non-hydrogen) atoms. The number of nitrogens with zero attached hydrogens (tertiary/aromatic N) is 1. The second kappa shape index (κ2) is 7.61. The Morgan fingerprint density at radius 2 is 1.62 bits per heavy atom. The Morgan fingerprint density at radius 3 is 2.25 bits per heavy atom. The summed E-state index contributed by atoms with van der Waals surface area (Å²) in [6.07, 6.45) is 4.87. The quantitative estimate of drug-likeness (QED) is 0.515. The first-order valence-corrected chi connectivity index (χ1v) is 11.3. The summed E-state index contributed by atoms with van der Waals surface area (Å²) in [5.41, 5.74) is 0.815. The van der Waals surface area contributed by atoms with Crippen molar-refractivity contribution in [2.24, 2.45) is 5.41 Å². The van der Waals surface area contributed by atoms with Crippen LogP contribution in [0.15, 0.2) is 48.5 Å². The average Bonchev–Trinajstić information content (AvgIpc) is 3.33. The van der Waals surface area contributed by atoms with Gasteiger partial charge >= 0.3 is 11.9 Å². The van der Waals surface area contributed by atoms with E-state index in [0.29, 0.717) is 0 Å². The summed E-state index contributed by atoms with van der Waals surface area (Å²) in [6.45, 7) is 0. The van der Waals surface area contributed by atoms with Gasteiger partial charge in [-0.3, -0.25) is 9.59 Å². The van der Waals surface area contributed by atoms with Gasteiger partial charge in [-0.1, -0.05) is 49.6 Å². The molecule has 1 saturated carbocycles. The van der Waals surface area contributed by atoms with Crippen LogP contribution in [-0.2, 0) is 24.5 Å². The van der Waals surface area contributed by atoms with Crippen molar-refractivity contribution in [3.63, 3.8) is 0 Å². The number of ether oxygens (including phenoxy) is 2. The predicted octanol–water partition coefficient (Wildman–Crippen LogP) is 4.69. The first kappa shape index (κ1) is 21.0. The lowest BCUT2D eigenvalue weighted by molar-refractivity contribution is -0.171. The highest BCUT2D eigenvalue weighted by Crippen LogP contribution is 2.65. The van der Waals surface area contributed by atoms with Crippen LogP contribution in [0.5, 0.6) is 0 Å². The summed E-state index contributed by atoms with van der Waals surface area (Å²) in [5, 5.41) is 0. The van der Waals surface area contributed by atoms with E-state index in [1.54, 1.807) is 6.07 Å². The summed E-state index contributed by atoms with van der Waals surface area (Å²) in [5.74, 6) is -1.44. The summed E-state index contributed by atoms with van der Waals surface area (Å²) in [6, 6.07) is 14.1. The molecule has 6 heteroatoms. The fourth-order valence-electron chi connectivity index (χ4n) is 6.77. The second-order valence-electron chi connectivity index (χ2n) is 9.27. The van der Waals surface area contributed by atoms with Gasteiger partial charge in [0.25, 0.3) is 0 Å². The van der Waals surface area contributed by atoms with E-state index in [1.807, 2.05) is 36.4 Å². The van der Waals surface area contributed by atoms with Gasteiger partial charge in [0, 0.05) is 17.5 Å². The van der Waals surface area contributed by atoms with E-state index in [2.05, 4.69) is 4.90 Å². The molecule has 2 heterocycles. The lowest BCUT2D eigenvalue weighted by Crippen LogP contribution is -2.58. The third-order valence-corrected chi connectivity index (χ3v) is 7.92. The van der Waals surface area contributed by atoms with E-state index >= 15 is 0 Å². The third kappa shape index (κ3) is 2.68.